The Morgan fingerprint density at radius 3 is 2.09 bits per heavy atom. The molecule has 0 spiro atoms. The number of thioether (sulfide) groups is 1. The Hall–Kier alpha value is -3.51. The van der Waals surface area contributed by atoms with E-state index in [4.69, 9.17) is 4.74 Å². The fourth-order valence-electron chi connectivity index (χ4n) is 3.52. The van der Waals surface area contributed by atoms with Crippen LogP contribution in [0.5, 0.6) is 5.75 Å². The van der Waals surface area contributed by atoms with Gasteiger partial charge >= 0.3 is 0 Å². The maximum absolute atomic E-state index is 13.5. The van der Waals surface area contributed by atoms with E-state index in [2.05, 4.69) is 0 Å². The van der Waals surface area contributed by atoms with Crippen molar-refractivity contribution < 1.29 is 14.3 Å². The monoisotopic (exact) mass is 444 g/mol. The first-order chi connectivity index (χ1) is 15.5. The van der Waals surface area contributed by atoms with Crippen molar-refractivity contribution in [3.63, 3.8) is 0 Å². The number of nitrogens with zero attached hydrogens (tertiary/aromatic N) is 2. The smallest absolute Gasteiger partial charge is 0.272 e. The van der Waals surface area contributed by atoms with Gasteiger partial charge in [0.15, 0.2) is 0 Å². The van der Waals surface area contributed by atoms with Crippen molar-refractivity contribution in [1.29, 1.82) is 0 Å². The lowest BCUT2D eigenvalue weighted by Crippen LogP contribution is -2.31. The Morgan fingerprint density at radius 2 is 1.50 bits per heavy atom. The molecule has 0 aliphatic carbocycles. The molecule has 0 unspecified atom stereocenters. The highest BCUT2D eigenvalue weighted by atomic mass is 32.2. The van der Waals surface area contributed by atoms with Crippen LogP contribution in [0.1, 0.15) is 11.1 Å². The summed E-state index contributed by atoms with van der Waals surface area (Å²) in [7, 11) is 5.49. The Labute approximate surface area is 192 Å². The second-order valence-corrected chi connectivity index (χ2v) is 8.55. The summed E-state index contributed by atoms with van der Waals surface area (Å²) >= 11 is 1.40. The van der Waals surface area contributed by atoms with Gasteiger partial charge in [-0.1, -0.05) is 42.5 Å². The Bertz CT molecular complexity index is 1150. The number of amides is 2. The summed E-state index contributed by atoms with van der Waals surface area (Å²) in [6.45, 7) is 0. The molecule has 1 aliphatic heterocycles. The van der Waals surface area contributed by atoms with Crippen LogP contribution in [0.3, 0.4) is 0 Å². The van der Waals surface area contributed by atoms with Crippen LogP contribution in [0.25, 0.3) is 5.57 Å². The third kappa shape index (κ3) is 4.27. The largest absolute Gasteiger partial charge is 0.497 e. The molecule has 3 aromatic carbocycles. The molecule has 5 nitrogen and oxygen atoms in total. The van der Waals surface area contributed by atoms with Gasteiger partial charge in [0.1, 0.15) is 5.75 Å². The molecule has 0 bridgehead atoms. The van der Waals surface area contributed by atoms with Gasteiger partial charge < -0.3 is 9.64 Å². The van der Waals surface area contributed by atoms with Gasteiger partial charge in [0, 0.05) is 25.5 Å². The van der Waals surface area contributed by atoms with Crippen LogP contribution in [-0.4, -0.2) is 33.0 Å². The number of ether oxygens (including phenoxy) is 1. The average molecular weight is 445 g/mol. The molecule has 4 rings (SSSR count). The fourth-order valence-corrected chi connectivity index (χ4v) is 4.59. The molecule has 1 heterocycles. The number of benzene rings is 3. The van der Waals surface area contributed by atoms with Crippen LogP contribution in [0.4, 0.5) is 11.4 Å². The van der Waals surface area contributed by atoms with Crippen molar-refractivity contribution in [2.75, 3.05) is 31.0 Å². The fraction of sp³-hybridized carbons (Fsp3) is 0.154. The minimum Gasteiger partial charge on any atom is -0.497 e. The van der Waals surface area contributed by atoms with Gasteiger partial charge in [-0.05, 0) is 47.5 Å². The van der Waals surface area contributed by atoms with E-state index in [0.717, 1.165) is 11.3 Å². The quantitative estimate of drug-likeness (QED) is 0.481. The molecular formula is C26H24N2O3S. The molecular weight excluding hydrogens is 420 g/mol. The molecule has 0 radical (unpaired) electrons. The van der Waals surface area contributed by atoms with Crippen LogP contribution in [0, 0.1) is 0 Å². The Balaban J connectivity index is 1.71. The molecule has 0 aromatic heterocycles. The SMILES string of the molecule is COc1ccc(C2=C(SCc3ccccc3)C(=O)N(c3ccc(N(C)C)cc3)C2=O)cc1. The second-order valence-electron chi connectivity index (χ2n) is 7.56. The minimum atomic E-state index is -0.312. The zero-order valence-electron chi connectivity index (χ0n) is 18.2. The number of methoxy groups -OCH3 is 1. The molecule has 1 aliphatic rings. The summed E-state index contributed by atoms with van der Waals surface area (Å²) in [6.07, 6.45) is 0. The van der Waals surface area contributed by atoms with Crippen molar-refractivity contribution in [2.24, 2.45) is 0 Å². The van der Waals surface area contributed by atoms with E-state index in [1.54, 1.807) is 19.2 Å². The van der Waals surface area contributed by atoms with Crippen molar-refractivity contribution in [3.05, 3.63) is 94.9 Å². The van der Waals surface area contributed by atoms with Crippen molar-refractivity contribution in [1.82, 2.24) is 0 Å². The van der Waals surface area contributed by atoms with Crippen LogP contribution in [-0.2, 0) is 15.3 Å². The first kappa shape index (κ1) is 21.7. The Morgan fingerprint density at radius 1 is 0.844 bits per heavy atom. The van der Waals surface area contributed by atoms with E-state index in [1.165, 1.54) is 16.7 Å². The van der Waals surface area contributed by atoms with Gasteiger partial charge in [0.05, 0.1) is 23.3 Å². The van der Waals surface area contributed by atoms with E-state index in [-0.39, 0.29) is 11.8 Å². The summed E-state index contributed by atoms with van der Waals surface area (Å²) in [5, 5.41) is 0. The highest BCUT2D eigenvalue weighted by molar-refractivity contribution is 8.03. The number of rotatable bonds is 7. The number of anilines is 2. The molecule has 162 valence electrons. The van der Waals surface area contributed by atoms with Crippen LogP contribution in [0.2, 0.25) is 0 Å². The van der Waals surface area contributed by atoms with Gasteiger partial charge in [0.2, 0.25) is 0 Å². The average Bonchev–Trinajstić information content (AvgIpc) is 3.07. The lowest BCUT2D eigenvalue weighted by molar-refractivity contribution is -0.119. The molecule has 0 saturated carbocycles. The number of carbonyl (C=O) groups excluding carboxylic acids is 2. The standard InChI is InChI=1S/C26H24N2O3S/c1-27(2)20-11-13-21(14-12-20)28-25(29)23(19-9-15-22(31-3)16-10-19)24(26(28)30)32-17-18-7-5-4-6-8-18/h4-16H,17H2,1-3H3. The van der Waals surface area contributed by atoms with Crippen LogP contribution in [0.15, 0.2) is 83.8 Å². The maximum atomic E-state index is 13.5. The molecule has 0 saturated heterocycles. The molecule has 0 fully saturated rings. The van der Waals surface area contributed by atoms with Crippen molar-refractivity contribution in [2.45, 2.75) is 5.75 Å². The molecule has 2 amide bonds. The van der Waals surface area contributed by atoms with Gasteiger partial charge in [-0.15, -0.1) is 11.8 Å². The molecule has 0 N–H and O–H groups in total. The van der Waals surface area contributed by atoms with Crippen molar-refractivity contribution in [3.8, 4) is 5.75 Å². The normalized spacial score (nSPS) is 13.7. The third-order valence-corrected chi connectivity index (χ3v) is 6.42. The summed E-state index contributed by atoms with van der Waals surface area (Å²) < 4.78 is 5.25. The first-order valence-electron chi connectivity index (χ1n) is 10.2. The number of hydrogen-bond donors (Lipinski definition) is 0. The summed E-state index contributed by atoms with van der Waals surface area (Å²) in [4.78, 5) is 30.7. The van der Waals surface area contributed by atoms with E-state index in [1.807, 2.05) is 85.7 Å². The van der Waals surface area contributed by atoms with E-state index in [9.17, 15) is 9.59 Å². The lowest BCUT2D eigenvalue weighted by atomic mass is 10.1. The van der Waals surface area contributed by atoms with Gasteiger partial charge in [-0.2, -0.15) is 0 Å². The maximum Gasteiger partial charge on any atom is 0.272 e. The minimum absolute atomic E-state index is 0.292. The van der Waals surface area contributed by atoms with Crippen LogP contribution >= 0.6 is 11.8 Å². The van der Waals surface area contributed by atoms with Gasteiger partial charge in [-0.3, -0.25) is 9.59 Å². The highest BCUT2D eigenvalue weighted by Crippen LogP contribution is 2.40. The first-order valence-corrected chi connectivity index (χ1v) is 11.2. The zero-order chi connectivity index (χ0) is 22.7. The molecule has 32 heavy (non-hydrogen) atoms. The zero-order valence-corrected chi connectivity index (χ0v) is 19.1. The van der Waals surface area contributed by atoms with Crippen molar-refractivity contribution >= 4 is 40.5 Å². The van der Waals surface area contributed by atoms with Gasteiger partial charge in [-0.25, -0.2) is 4.90 Å². The summed E-state index contributed by atoms with van der Waals surface area (Å²) in [5.41, 5.74) is 3.78. The lowest BCUT2D eigenvalue weighted by Gasteiger charge is -2.18. The number of carbonyl (C=O) groups is 2. The molecule has 0 atom stereocenters. The number of hydrogen-bond acceptors (Lipinski definition) is 5. The summed E-state index contributed by atoms with van der Waals surface area (Å²) in [6, 6.07) is 24.6. The predicted molar refractivity (Wildman–Crippen MR) is 131 cm³/mol. The second kappa shape index (κ2) is 9.32. The highest BCUT2D eigenvalue weighted by Gasteiger charge is 2.40. The van der Waals surface area contributed by atoms with E-state index < -0.39 is 0 Å². The molecule has 3 aromatic rings. The predicted octanol–water partition coefficient (Wildman–Crippen LogP) is 4.98. The molecule has 6 heteroatoms. The summed E-state index contributed by atoms with van der Waals surface area (Å²) in [5.74, 6) is 0.691. The Kier molecular flexibility index (Phi) is 6.32. The number of imide groups is 1. The van der Waals surface area contributed by atoms with E-state index >= 15 is 0 Å². The van der Waals surface area contributed by atoms with Gasteiger partial charge in [0.25, 0.3) is 11.8 Å². The van der Waals surface area contributed by atoms with Crippen LogP contribution < -0.4 is 14.5 Å². The topological polar surface area (TPSA) is 49.9 Å². The third-order valence-electron chi connectivity index (χ3n) is 5.27. The van der Waals surface area contributed by atoms with E-state index in [0.29, 0.717) is 33.2 Å².